The Balaban J connectivity index is 1.98. The summed E-state index contributed by atoms with van der Waals surface area (Å²) in [6, 6.07) is 4.98. The Morgan fingerprint density at radius 3 is 2.35 bits per heavy atom. The topological polar surface area (TPSA) is 54.0 Å². The number of benzene rings is 1. The Morgan fingerprint density at radius 2 is 1.81 bits per heavy atom. The lowest BCUT2D eigenvalue weighted by atomic mass is 10.1. The maximum Gasteiger partial charge on any atom is 0.573 e. The van der Waals surface area contributed by atoms with Crippen LogP contribution < -0.4 is 10.3 Å². The molecule has 1 aromatic carbocycles. The van der Waals surface area contributed by atoms with Crippen molar-refractivity contribution in [3.05, 3.63) is 63.4 Å². The van der Waals surface area contributed by atoms with E-state index in [9.17, 15) is 18.0 Å². The fourth-order valence-electron chi connectivity index (χ4n) is 3.47. The molecule has 0 fully saturated rings. The predicted octanol–water partition coefficient (Wildman–Crippen LogP) is 5.42. The van der Waals surface area contributed by atoms with Crippen LogP contribution in [-0.4, -0.2) is 25.3 Å². The molecule has 0 bridgehead atoms. The first-order valence-electron chi connectivity index (χ1n) is 9.08. The highest BCUT2D eigenvalue weighted by Gasteiger charge is 2.31. The third kappa shape index (κ3) is 3.79. The minimum absolute atomic E-state index is 0.111. The number of aryl methyl sites for hydroxylation is 2. The van der Waals surface area contributed by atoms with E-state index in [2.05, 4.69) is 9.84 Å². The highest BCUT2D eigenvalue weighted by Crippen LogP contribution is 2.38. The van der Waals surface area contributed by atoms with Gasteiger partial charge in [0.2, 0.25) is 0 Å². The number of hydrogen-bond acceptors (Lipinski definition) is 3. The summed E-state index contributed by atoms with van der Waals surface area (Å²) in [5, 5.41) is 4.74. The molecule has 4 rings (SSSR count). The van der Waals surface area contributed by atoms with Gasteiger partial charge in [-0.05, 0) is 31.2 Å². The average Bonchev–Trinajstić information content (AvgIpc) is 3.24. The van der Waals surface area contributed by atoms with Crippen molar-refractivity contribution in [1.29, 1.82) is 0 Å². The van der Waals surface area contributed by atoms with Crippen LogP contribution in [0.4, 0.5) is 13.2 Å². The van der Waals surface area contributed by atoms with E-state index in [1.807, 2.05) is 6.92 Å². The summed E-state index contributed by atoms with van der Waals surface area (Å²) in [5.41, 5.74) is 1.81. The molecule has 3 heterocycles. The molecule has 11 heteroatoms. The van der Waals surface area contributed by atoms with Crippen LogP contribution in [0.5, 0.6) is 5.75 Å². The van der Waals surface area contributed by atoms with Gasteiger partial charge in [-0.25, -0.2) is 0 Å². The molecule has 0 aliphatic rings. The second kappa shape index (κ2) is 7.65. The number of halogens is 5. The van der Waals surface area contributed by atoms with Crippen LogP contribution in [0.3, 0.4) is 0 Å². The zero-order chi connectivity index (χ0) is 22.5. The van der Waals surface area contributed by atoms with Gasteiger partial charge in [-0.1, -0.05) is 23.2 Å². The van der Waals surface area contributed by atoms with E-state index in [1.54, 1.807) is 34.9 Å². The minimum Gasteiger partial charge on any atom is -0.406 e. The van der Waals surface area contributed by atoms with Crippen molar-refractivity contribution in [3.63, 3.8) is 0 Å². The van der Waals surface area contributed by atoms with Crippen LogP contribution in [0.1, 0.15) is 6.92 Å². The molecule has 0 amide bonds. The molecule has 0 spiro atoms. The molecule has 0 N–H and O–H groups in total. The Morgan fingerprint density at radius 1 is 1.13 bits per heavy atom. The maximum atomic E-state index is 13.3. The van der Waals surface area contributed by atoms with Gasteiger partial charge >= 0.3 is 6.36 Å². The fraction of sp³-hybridized carbons (Fsp3) is 0.200. The SMILES string of the molecule is CCn1c(Cl)c(Cl)c2c(=O)n(-c3ccc(OC(F)(F)F)cc3)cc(-c3cnn(C)c3)c21. The molecule has 0 unspecified atom stereocenters. The van der Waals surface area contributed by atoms with Crippen molar-refractivity contribution in [3.8, 4) is 22.6 Å². The van der Waals surface area contributed by atoms with E-state index in [0.717, 1.165) is 17.7 Å². The smallest absolute Gasteiger partial charge is 0.406 e. The number of ether oxygens (including phenoxy) is 1. The van der Waals surface area contributed by atoms with Crippen LogP contribution in [0.15, 0.2) is 47.7 Å². The van der Waals surface area contributed by atoms with E-state index in [4.69, 9.17) is 23.2 Å². The predicted molar refractivity (Wildman–Crippen MR) is 112 cm³/mol. The lowest BCUT2D eigenvalue weighted by Crippen LogP contribution is -2.19. The summed E-state index contributed by atoms with van der Waals surface area (Å²) >= 11 is 12.8. The normalized spacial score (nSPS) is 12.0. The first-order chi connectivity index (χ1) is 14.6. The maximum absolute atomic E-state index is 13.3. The Kier molecular flexibility index (Phi) is 5.26. The van der Waals surface area contributed by atoms with Gasteiger partial charge in [-0.15, -0.1) is 13.2 Å². The van der Waals surface area contributed by atoms with Crippen LogP contribution in [-0.2, 0) is 13.6 Å². The molecular formula is C20H15Cl2F3N4O2. The molecule has 0 atom stereocenters. The van der Waals surface area contributed by atoms with Crippen LogP contribution in [0.2, 0.25) is 10.2 Å². The van der Waals surface area contributed by atoms with Crippen molar-refractivity contribution in [2.24, 2.45) is 7.05 Å². The third-order valence-electron chi connectivity index (χ3n) is 4.77. The second-order valence-corrected chi connectivity index (χ2v) is 7.47. The van der Waals surface area contributed by atoms with E-state index in [0.29, 0.717) is 23.3 Å². The number of aromatic nitrogens is 4. The molecule has 0 saturated carbocycles. The minimum atomic E-state index is -4.81. The van der Waals surface area contributed by atoms with Crippen molar-refractivity contribution in [1.82, 2.24) is 18.9 Å². The van der Waals surface area contributed by atoms with Crippen molar-refractivity contribution >= 4 is 34.1 Å². The summed E-state index contributed by atoms with van der Waals surface area (Å²) in [4.78, 5) is 13.3. The van der Waals surface area contributed by atoms with Gasteiger partial charge in [0.05, 0.1) is 22.1 Å². The molecule has 6 nitrogen and oxygen atoms in total. The van der Waals surface area contributed by atoms with Gasteiger partial charge < -0.3 is 9.30 Å². The average molecular weight is 471 g/mol. The number of nitrogens with zero attached hydrogens (tertiary/aromatic N) is 4. The third-order valence-corrected chi connectivity index (χ3v) is 5.63. The molecular weight excluding hydrogens is 456 g/mol. The van der Waals surface area contributed by atoms with Crippen molar-refractivity contribution < 1.29 is 17.9 Å². The van der Waals surface area contributed by atoms with E-state index in [-0.39, 0.29) is 15.6 Å². The van der Waals surface area contributed by atoms with E-state index in [1.165, 1.54) is 16.7 Å². The van der Waals surface area contributed by atoms with Crippen molar-refractivity contribution in [2.45, 2.75) is 19.8 Å². The summed E-state index contributed by atoms with van der Waals surface area (Å²) in [6.45, 7) is 2.35. The Hall–Kier alpha value is -2.91. The molecule has 162 valence electrons. The highest BCUT2D eigenvalue weighted by atomic mass is 35.5. The number of hydrogen-bond donors (Lipinski definition) is 0. The van der Waals surface area contributed by atoms with Crippen LogP contribution >= 0.6 is 23.2 Å². The van der Waals surface area contributed by atoms with E-state index < -0.39 is 17.7 Å². The van der Waals surface area contributed by atoms with E-state index >= 15 is 0 Å². The first-order valence-corrected chi connectivity index (χ1v) is 9.84. The van der Waals surface area contributed by atoms with Crippen LogP contribution in [0.25, 0.3) is 27.7 Å². The van der Waals surface area contributed by atoms with Crippen molar-refractivity contribution in [2.75, 3.05) is 0 Å². The molecule has 3 aromatic heterocycles. The highest BCUT2D eigenvalue weighted by molar-refractivity contribution is 6.45. The van der Waals surface area contributed by atoms with Gasteiger partial charge in [-0.3, -0.25) is 14.0 Å². The Labute approximate surface area is 184 Å². The summed E-state index contributed by atoms with van der Waals surface area (Å²) in [7, 11) is 1.76. The molecule has 31 heavy (non-hydrogen) atoms. The molecule has 4 aromatic rings. The molecule has 0 aliphatic heterocycles. The summed E-state index contributed by atoms with van der Waals surface area (Å²) in [6.07, 6.45) is 0.204. The number of fused-ring (bicyclic) bond motifs is 1. The van der Waals surface area contributed by atoms with Gasteiger partial charge in [0.1, 0.15) is 10.9 Å². The monoisotopic (exact) mass is 470 g/mol. The second-order valence-electron chi connectivity index (χ2n) is 6.73. The summed E-state index contributed by atoms with van der Waals surface area (Å²) < 4.78 is 45.9. The number of rotatable bonds is 4. The molecule has 0 aliphatic carbocycles. The lowest BCUT2D eigenvalue weighted by Gasteiger charge is -2.13. The van der Waals surface area contributed by atoms with Crippen LogP contribution in [0, 0.1) is 0 Å². The zero-order valence-corrected chi connectivity index (χ0v) is 17.8. The Bertz CT molecular complexity index is 1340. The van der Waals surface area contributed by atoms with Gasteiger partial charge in [0.25, 0.3) is 5.56 Å². The molecule has 0 radical (unpaired) electrons. The zero-order valence-electron chi connectivity index (χ0n) is 16.2. The fourth-order valence-corrected chi connectivity index (χ4v) is 4.04. The standard InChI is InChI=1S/C20H15Cl2F3N4O2/c1-3-28-17-14(11-8-26-27(2)9-11)10-29(19(30)15(17)16(21)18(28)22)12-4-6-13(7-5-12)31-20(23,24)25/h4-10H,3H2,1-2H3. The number of alkyl halides is 3. The number of pyridine rings is 1. The largest absolute Gasteiger partial charge is 0.573 e. The summed E-state index contributed by atoms with van der Waals surface area (Å²) in [5.74, 6) is -0.393. The first kappa shape index (κ1) is 21.3. The van der Waals surface area contributed by atoms with Gasteiger partial charge in [0.15, 0.2) is 0 Å². The molecule has 0 saturated heterocycles. The van der Waals surface area contributed by atoms with Gasteiger partial charge in [-0.2, -0.15) is 5.10 Å². The lowest BCUT2D eigenvalue weighted by molar-refractivity contribution is -0.274. The van der Waals surface area contributed by atoms with Gasteiger partial charge in [0, 0.05) is 42.8 Å². The quantitative estimate of drug-likeness (QED) is 0.400.